The van der Waals surface area contributed by atoms with Crippen LogP contribution in [0.5, 0.6) is 0 Å². The molecular formula is CCeO2. The molecule has 0 aliphatic heterocycles. The molecule has 0 saturated heterocycles. The van der Waals surface area contributed by atoms with E-state index in [1.54, 1.807) is 0 Å². The van der Waals surface area contributed by atoms with E-state index in [0.717, 1.165) is 0 Å². The summed E-state index contributed by atoms with van der Waals surface area (Å²) < 4.78 is 0. The first-order valence-corrected chi connectivity index (χ1v) is 0.408. The first-order chi connectivity index (χ1) is 1.41. The summed E-state index contributed by atoms with van der Waals surface area (Å²) >= 11 is 0. The molecule has 0 rings (SSSR count). The maximum absolute atomic E-state index is 8.12. The first kappa shape index (κ1) is 8.83. The van der Waals surface area contributed by atoms with Gasteiger partial charge in [0.15, 0.2) is 0 Å². The van der Waals surface area contributed by atoms with Crippen molar-refractivity contribution in [3.8, 4) is 0 Å². The van der Waals surface area contributed by atoms with Gasteiger partial charge in [0.05, 0.1) is 0 Å². The quantitative estimate of drug-likeness (QED) is 0.504. The van der Waals surface area contributed by atoms with Crippen molar-refractivity contribution in [2.45, 2.75) is 0 Å². The van der Waals surface area contributed by atoms with Crippen molar-refractivity contribution in [1.82, 2.24) is 0 Å². The van der Waals surface area contributed by atoms with Gasteiger partial charge in [-0.25, -0.2) is 0 Å². The van der Waals surface area contributed by atoms with Gasteiger partial charge in [-0.3, -0.25) is 0 Å². The van der Waals surface area contributed by atoms with E-state index < -0.39 is 0 Å². The topological polar surface area (TPSA) is 34.1 Å². The third kappa shape index (κ3) is 14.9. The minimum atomic E-state index is 0. The van der Waals surface area contributed by atoms with Gasteiger partial charge in [-0.1, -0.05) is 0 Å². The minimum Gasteiger partial charge on any atom is -0.186 e. The standard InChI is InChI=1S/CO2.Ce/c2-1-3;. The first-order valence-electron chi connectivity index (χ1n) is 0.408. The molecule has 20 valence electrons. The molecule has 0 amide bonds. The van der Waals surface area contributed by atoms with Gasteiger partial charge in [-0.2, -0.15) is 9.59 Å². The Balaban J connectivity index is 0. The van der Waals surface area contributed by atoms with Crippen LogP contribution < -0.4 is 0 Å². The van der Waals surface area contributed by atoms with E-state index in [9.17, 15) is 0 Å². The summed E-state index contributed by atoms with van der Waals surface area (Å²) in [5.41, 5.74) is 0. The van der Waals surface area contributed by atoms with E-state index in [4.69, 9.17) is 9.59 Å². The molecule has 0 spiro atoms. The second-order valence-electron chi connectivity index (χ2n) is 0.0833. The molecule has 0 aliphatic rings. The summed E-state index contributed by atoms with van der Waals surface area (Å²) in [7, 11) is 0. The van der Waals surface area contributed by atoms with Crippen LogP contribution in [0, 0.1) is 41.7 Å². The summed E-state index contributed by atoms with van der Waals surface area (Å²) in [6, 6.07) is 0. The Morgan fingerprint density at radius 1 is 1.25 bits per heavy atom. The Morgan fingerprint density at radius 3 is 1.25 bits per heavy atom. The van der Waals surface area contributed by atoms with Gasteiger partial charge in [-0.05, 0) is 0 Å². The number of hydrogen-bond acceptors (Lipinski definition) is 2. The molecule has 0 radical (unpaired) electrons. The summed E-state index contributed by atoms with van der Waals surface area (Å²) in [5.74, 6) is 0. The molecule has 3 heteroatoms. The normalized spacial score (nSPS) is 2.00. The minimum absolute atomic E-state index is 0. The molecule has 0 unspecified atom stereocenters. The predicted octanol–water partition coefficient (Wildman–Crippen LogP) is -0.584. The largest absolute Gasteiger partial charge is 0.373 e. The van der Waals surface area contributed by atoms with Gasteiger partial charge in [-0.15, -0.1) is 0 Å². The fourth-order valence-electron chi connectivity index (χ4n) is 0. The average molecular weight is 184 g/mol. The smallest absolute Gasteiger partial charge is 0.186 e. The Morgan fingerprint density at radius 2 is 1.25 bits per heavy atom. The summed E-state index contributed by atoms with van der Waals surface area (Å²) in [4.78, 5) is 16.2. The number of carbonyl (C=O) groups excluding carboxylic acids is 2. The molecule has 0 aliphatic carbocycles. The molecule has 0 bridgehead atoms. The monoisotopic (exact) mass is 184 g/mol. The summed E-state index contributed by atoms with van der Waals surface area (Å²) in [6.45, 7) is 0. The molecule has 0 heterocycles. The van der Waals surface area contributed by atoms with Crippen molar-refractivity contribution in [1.29, 1.82) is 0 Å². The SMILES string of the molecule is O=C=O.[Ce]. The fraction of sp³-hybridized carbons (Fsp3) is 0. The van der Waals surface area contributed by atoms with Gasteiger partial charge in [0.25, 0.3) is 0 Å². The summed E-state index contributed by atoms with van der Waals surface area (Å²) in [6.07, 6.45) is 0.250. The van der Waals surface area contributed by atoms with Crippen LogP contribution in [0.2, 0.25) is 0 Å². The summed E-state index contributed by atoms with van der Waals surface area (Å²) in [5, 5.41) is 0. The number of rotatable bonds is 0. The molecule has 0 saturated carbocycles. The maximum Gasteiger partial charge on any atom is 0.373 e. The van der Waals surface area contributed by atoms with Gasteiger partial charge < -0.3 is 0 Å². The van der Waals surface area contributed by atoms with Gasteiger partial charge in [0.1, 0.15) is 0 Å². The van der Waals surface area contributed by atoms with Crippen LogP contribution in [0.25, 0.3) is 0 Å². The Bertz CT molecular complexity index is 27.0. The van der Waals surface area contributed by atoms with Crippen molar-refractivity contribution in [3.63, 3.8) is 0 Å². The molecular weight excluding hydrogens is 184 g/mol. The molecule has 4 heavy (non-hydrogen) atoms. The van der Waals surface area contributed by atoms with Crippen molar-refractivity contribution >= 4 is 6.15 Å². The van der Waals surface area contributed by atoms with Crippen molar-refractivity contribution < 1.29 is 51.3 Å². The van der Waals surface area contributed by atoms with Crippen LogP contribution in [0.4, 0.5) is 0 Å². The molecule has 0 aromatic rings. The van der Waals surface area contributed by atoms with Crippen LogP contribution in [-0.4, -0.2) is 6.15 Å². The fourth-order valence-corrected chi connectivity index (χ4v) is 0. The molecule has 0 aromatic carbocycles. The van der Waals surface area contributed by atoms with Crippen molar-refractivity contribution in [2.24, 2.45) is 0 Å². The van der Waals surface area contributed by atoms with Crippen LogP contribution in [0.15, 0.2) is 0 Å². The van der Waals surface area contributed by atoms with Gasteiger partial charge in [0.2, 0.25) is 0 Å². The maximum atomic E-state index is 8.12. The van der Waals surface area contributed by atoms with Gasteiger partial charge >= 0.3 is 6.15 Å². The Labute approximate surface area is 56.9 Å². The van der Waals surface area contributed by atoms with E-state index >= 15 is 0 Å². The molecule has 0 aromatic heterocycles. The van der Waals surface area contributed by atoms with Gasteiger partial charge in [0, 0.05) is 41.7 Å². The zero-order chi connectivity index (χ0) is 2.71. The zero-order valence-electron chi connectivity index (χ0n) is 1.82. The molecule has 0 N–H and O–H groups in total. The van der Waals surface area contributed by atoms with Crippen LogP contribution in [-0.2, 0) is 9.59 Å². The second-order valence-corrected chi connectivity index (χ2v) is 0.0833. The third-order valence-electron chi connectivity index (χ3n) is 0. The van der Waals surface area contributed by atoms with E-state index in [1.807, 2.05) is 0 Å². The zero-order valence-corrected chi connectivity index (χ0v) is 4.96. The van der Waals surface area contributed by atoms with E-state index in [-0.39, 0.29) is 47.9 Å². The Hall–Kier alpha value is 0.757. The van der Waals surface area contributed by atoms with E-state index in [0.29, 0.717) is 0 Å². The van der Waals surface area contributed by atoms with Crippen LogP contribution in [0.3, 0.4) is 0 Å². The Kier molecular flexibility index (Phi) is 20.4. The molecule has 0 atom stereocenters. The third-order valence-corrected chi connectivity index (χ3v) is 0. The average Bonchev–Trinajstić information content (AvgIpc) is 0.918. The van der Waals surface area contributed by atoms with E-state index in [2.05, 4.69) is 0 Å². The number of hydrogen-bond donors (Lipinski definition) is 0. The van der Waals surface area contributed by atoms with Crippen LogP contribution in [0.1, 0.15) is 0 Å². The van der Waals surface area contributed by atoms with E-state index in [1.165, 1.54) is 0 Å². The van der Waals surface area contributed by atoms with Crippen molar-refractivity contribution in [3.05, 3.63) is 0 Å². The second kappa shape index (κ2) is 9.25. The molecule has 0 fully saturated rings. The van der Waals surface area contributed by atoms with Crippen molar-refractivity contribution in [2.75, 3.05) is 0 Å². The predicted molar refractivity (Wildman–Crippen MR) is 5.01 cm³/mol. The molecule has 2 nitrogen and oxygen atoms in total. The van der Waals surface area contributed by atoms with Crippen LogP contribution >= 0.6 is 0 Å².